The fourth-order valence-electron chi connectivity index (χ4n) is 1.88. The van der Waals surface area contributed by atoms with Crippen molar-refractivity contribution < 1.29 is 5.11 Å². The van der Waals surface area contributed by atoms with Gasteiger partial charge in [-0.2, -0.15) is 0 Å². The summed E-state index contributed by atoms with van der Waals surface area (Å²) in [6, 6.07) is 0. The van der Waals surface area contributed by atoms with Crippen molar-refractivity contribution in [3.63, 3.8) is 0 Å². The van der Waals surface area contributed by atoms with E-state index in [4.69, 9.17) is 0 Å². The highest BCUT2D eigenvalue weighted by atomic mass is 16.3. The fourth-order valence-corrected chi connectivity index (χ4v) is 1.88. The molecular formula is C17H26O. The van der Waals surface area contributed by atoms with E-state index in [0.29, 0.717) is 11.8 Å². The maximum absolute atomic E-state index is 9.53. The number of rotatable bonds is 6. The van der Waals surface area contributed by atoms with Crippen molar-refractivity contribution in [1.82, 2.24) is 0 Å². The standard InChI is InChI=1S/C17H26O/c1-4-17(18)13-10-15(3)9-12-16-7-5-6-14(2)8-11-16/h5,8-9,11-12,14-15,17-18H,4,6,10,13H2,1-3H3/b12-9+/t14-,15?,17?/m0/s1. The van der Waals surface area contributed by atoms with Crippen LogP contribution in [-0.2, 0) is 0 Å². The summed E-state index contributed by atoms with van der Waals surface area (Å²) in [4.78, 5) is 0. The van der Waals surface area contributed by atoms with Gasteiger partial charge in [0.1, 0.15) is 0 Å². The molecule has 0 saturated carbocycles. The molecule has 0 radical (unpaired) electrons. The SMILES string of the molecule is CCC(O)CCC(C)/C=C/C1=C=CC[C@H](C)C=C1. The summed E-state index contributed by atoms with van der Waals surface area (Å²) in [5.41, 5.74) is 4.47. The van der Waals surface area contributed by atoms with Gasteiger partial charge in [0.15, 0.2) is 0 Å². The predicted octanol–water partition coefficient (Wildman–Crippen LogP) is 4.41. The van der Waals surface area contributed by atoms with E-state index in [0.717, 1.165) is 31.3 Å². The Morgan fingerprint density at radius 2 is 2.28 bits per heavy atom. The van der Waals surface area contributed by atoms with Gasteiger partial charge in [0.2, 0.25) is 0 Å². The number of aliphatic hydroxyl groups is 1. The van der Waals surface area contributed by atoms with Crippen LogP contribution >= 0.6 is 0 Å². The van der Waals surface area contributed by atoms with Crippen molar-refractivity contribution in [2.75, 3.05) is 0 Å². The predicted molar refractivity (Wildman–Crippen MR) is 78.4 cm³/mol. The molecule has 0 aromatic rings. The highest BCUT2D eigenvalue weighted by molar-refractivity contribution is 5.31. The Balaban J connectivity index is 2.44. The van der Waals surface area contributed by atoms with Crippen LogP contribution in [0.2, 0.25) is 0 Å². The molecule has 3 atom stereocenters. The molecule has 1 aliphatic rings. The molecule has 0 bridgehead atoms. The van der Waals surface area contributed by atoms with Crippen molar-refractivity contribution in [3.8, 4) is 0 Å². The second-order valence-electron chi connectivity index (χ2n) is 5.35. The quantitative estimate of drug-likeness (QED) is 0.688. The third-order valence-electron chi connectivity index (χ3n) is 3.39. The number of hydrogen-bond donors (Lipinski definition) is 1. The minimum absolute atomic E-state index is 0.140. The summed E-state index contributed by atoms with van der Waals surface area (Å²) in [5, 5.41) is 9.53. The van der Waals surface area contributed by atoms with Gasteiger partial charge < -0.3 is 5.11 Å². The van der Waals surface area contributed by atoms with Crippen LogP contribution in [0.3, 0.4) is 0 Å². The first-order valence-corrected chi connectivity index (χ1v) is 7.11. The Morgan fingerprint density at radius 3 is 3.00 bits per heavy atom. The second-order valence-corrected chi connectivity index (χ2v) is 5.35. The van der Waals surface area contributed by atoms with E-state index in [1.54, 1.807) is 0 Å². The van der Waals surface area contributed by atoms with Gasteiger partial charge in [0.05, 0.1) is 6.10 Å². The number of hydrogen-bond acceptors (Lipinski definition) is 1. The van der Waals surface area contributed by atoms with Crippen LogP contribution in [-0.4, -0.2) is 11.2 Å². The maximum Gasteiger partial charge on any atom is 0.0537 e. The fraction of sp³-hybridized carbons (Fsp3) is 0.588. The zero-order valence-corrected chi connectivity index (χ0v) is 11.9. The minimum Gasteiger partial charge on any atom is -0.393 e. The Hall–Kier alpha value is -1.04. The van der Waals surface area contributed by atoms with Crippen molar-refractivity contribution >= 4 is 0 Å². The molecule has 1 rings (SSSR count). The third kappa shape index (κ3) is 6.05. The molecule has 18 heavy (non-hydrogen) atoms. The first-order chi connectivity index (χ1) is 8.61. The molecule has 0 fully saturated rings. The van der Waals surface area contributed by atoms with Gasteiger partial charge >= 0.3 is 0 Å². The lowest BCUT2D eigenvalue weighted by molar-refractivity contribution is 0.154. The van der Waals surface area contributed by atoms with Crippen molar-refractivity contribution in [2.45, 2.75) is 52.6 Å². The monoisotopic (exact) mass is 246 g/mol. The van der Waals surface area contributed by atoms with Crippen molar-refractivity contribution in [3.05, 3.63) is 41.7 Å². The molecule has 1 nitrogen and oxygen atoms in total. The highest BCUT2D eigenvalue weighted by Crippen LogP contribution is 2.15. The summed E-state index contributed by atoms with van der Waals surface area (Å²) in [6.45, 7) is 6.44. The van der Waals surface area contributed by atoms with Crippen LogP contribution in [0, 0.1) is 11.8 Å². The molecule has 0 heterocycles. The van der Waals surface area contributed by atoms with Gasteiger partial charge in [0, 0.05) is 5.57 Å². The molecule has 2 unspecified atom stereocenters. The van der Waals surface area contributed by atoms with Crippen LogP contribution in [0.1, 0.15) is 46.5 Å². The van der Waals surface area contributed by atoms with E-state index in [1.165, 1.54) is 0 Å². The smallest absolute Gasteiger partial charge is 0.0537 e. The first kappa shape index (κ1) is 15.0. The molecule has 0 aliphatic heterocycles. The molecule has 100 valence electrons. The van der Waals surface area contributed by atoms with Crippen molar-refractivity contribution in [1.29, 1.82) is 0 Å². The van der Waals surface area contributed by atoms with Gasteiger partial charge in [0.25, 0.3) is 0 Å². The summed E-state index contributed by atoms with van der Waals surface area (Å²) in [7, 11) is 0. The maximum atomic E-state index is 9.53. The topological polar surface area (TPSA) is 20.2 Å². The largest absolute Gasteiger partial charge is 0.393 e. The Bertz CT molecular complexity index is 356. The van der Waals surface area contributed by atoms with E-state index in [-0.39, 0.29) is 6.10 Å². The average molecular weight is 246 g/mol. The van der Waals surface area contributed by atoms with Crippen molar-refractivity contribution in [2.24, 2.45) is 11.8 Å². The van der Waals surface area contributed by atoms with E-state index in [9.17, 15) is 5.11 Å². The lowest BCUT2D eigenvalue weighted by Crippen LogP contribution is -2.05. The number of aliphatic hydroxyl groups excluding tert-OH is 1. The van der Waals surface area contributed by atoms with Gasteiger partial charge in [-0.15, -0.1) is 5.73 Å². The van der Waals surface area contributed by atoms with Gasteiger partial charge in [-0.05, 0) is 43.6 Å². The molecule has 0 saturated heterocycles. The third-order valence-corrected chi connectivity index (χ3v) is 3.39. The molecule has 0 amide bonds. The van der Waals surface area contributed by atoms with Gasteiger partial charge in [-0.3, -0.25) is 0 Å². The van der Waals surface area contributed by atoms with Crippen LogP contribution in [0.4, 0.5) is 0 Å². The summed E-state index contributed by atoms with van der Waals surface area (Å²) in [5.74, 6) is 1.12. The van der Waals surface area contributed by atoms with E-state index >= 15 is 0 Å². The lowest BCUT2D eigenvalue weighted by atomic mass is 10.0. The zero-order valence-electron chi connectivity index (χ0n) is 11.9. The first-order valence-electron chi connectivity index (χ1n) is 7.11. The Kier molecular flexibility index (Phi) is 6.78. The summed E-state index contributed by atoms with van der Waals surface area (Å²) < 4.78 is 0. The average Bonchev–Trinajstić information content (AvgIpc) is 2.58. The molecule has 1 N–H and O–H groups in total. The van der Waals surface area contributed by atoms with Crippen LogP contribution in [0.5, 0.6) is 0 Å². The van der Waals surface area contributed by atoms with Crippen LogP contribution in [0.25, 0.3) is 0 Å². The molecule has 0 spiro atoms. The second kappa shape index (κ2) is 8.13. The molecule has 1 heteroatoms. The van der Waals surface area contributed by atoms with E-state index in [2.05, 4.69) is 50.0 Å². The molecular weight excluding hydrogens is 220 g/mol. The normalized spacial score (nSPS) is 22.9. The van der Waals surface area contributed by atoms with E-state index < -0.39 is 0 Å². The lowest BCUT2D eigenvalue weighted by Gasteiger charge is -2.10. The number of allylic oxidation sites excluding steroid dienone is 5. The molecule has 1 aliphatic carbocycles. The van der Waals surface area contributed by atoms with E-state index in [1.807, 2.05) is 6.92 Å². The molecule has 0 aromatic carbocycles. The summed E-state index contributed by atoms with van der Waals surface area (Å²) in [6.07, 6.45) is 14.6. The van der Waals surface area contributed by atoms with Gasteiger partial charge in [-0.25, -0.2) is 0 Å². The summed E-state index contributed by atoms with van der Waals surface area (Å²) >= 11 is 0. The Morgan fingerprint density at radius 1 is 1.50 bits per heavy atom. The zero-order chi connectivity index (χ0) is 13.4. The minimum atomic E-state index is -0.140. The Labute approximate surface area is 112 Å². The molecule has 0 aromatic heterocycles. The van der Waals surface area contributed by atoms with Crippen LogP contribution < -0.4 is 0 Å². The van der Waals surface area contributed by atoms with Crippen LogP contribution in [0.15, 0.2) is 41.7 Å². The highest BCUT2D eigenvalue weighted by Gasteiger charge is 2.04. The van der Waals surface area contributed by atoms with Gasteiger partial charge in [-0.1, -0.05) is 45.1 Å².